The fourth-order valence-electron chi connectivity index (χ4n) is 5.59. The molecule has 232 valence electrons. The Kier molecular flexibility index (Phi) is 10.6. The van der Waals surface area contributed by atoms with Crippen molar-refractivity contribution in [3.05, 3.63) is 149 Å². The zero-order valence-electron chi connectivity index (χ0n) is 26.2. The van der Waals surface area contributed by atoms with E-state index in [1.165, 1.54) is 0 Å². The Labute approximate surface area is 265 Å². The van der Waals surface area contributed by atoms with E-state index in [0.717, 1.165) is 39.1 Å². The fourth-order valence-corrected chi connectivity index (χ4v) is 5.59. The van der Waals surface area contributed by atoms with Gasteiger partial charge in [0.15, 0.2) is 23.0 Å². The van der Waals surface area contributed by atoms with Crippen LogP contribution in [0.25, 0.3) is 0 Å². The summed E-state index contributed by atoms with van der Waals surface area (Å²) >= 11 is 0. The third-order valence-corrected chi connectivity index (χ3v) is 8.03. The number of hydrogen-bond acceptors (Lipinski definition) is 6. The van der Waals surface area contributed by atoms with Gasteiger partial charge in [-0.05, 0) is 70.6 Å². The number of aryl methyl sites for hydroxylation is 1. The minimum absolute atomic E-state index is 0.108. The smallest absolute Gasteiger partial charge is 0.161 e. The van der Waals surface area contributed by atoms with Crippen LogP contribution in [0.5, 0.6) is 28.7 Å². The summed E-state index contributed by atoms with van der Waals surface area (Å²) in [5.74, 6) is 2.71. The number of hydrogen-bond donors (Lipinski definition) is 1. The molecule has 0 bridgehead atoms. The Bertz CT molecular complexity index is 1670. The van der Waals surface area contributed by atoms with Crippen LogP contribution in [0.15, 0.2) is 115 Å². The molecule has 0 heterocycles. The van der Waals surface area contributed by atoms with E-state index in [1.807, 2.05) is 116 Å². The molecule has 0 aliphatic rings. The molecule has 5 aromatic rings. The molecule has 6 nitrogen and oxygen atoms in total. The molecule has 0 amide bonds. The van der Waals surface area contributed by atoms with E-state index in [-0.39, 0.29) is 18.4 Å². The number of aliphatic hydroxyl groups is 1. The van der Waals surface area contributed by atoms with Gasteiger partial charge >= 0.3 is 0 Å². The molecule has 0 aliphatic heterocycles. The van der Waals surface area contributed by atoms with E-state index in [0.29, 0.717) is 36.2 Å². The van der Waals surface area contributed by atoms with Crippen LogP contribution >= 0.6 is 0 Å². The average Bonchev–Trinajstić information content (AvgIpc) is 3.10. The first-order valence-corrected chi connectivity index (χ1v) is 15.0. The van der Waals surface area contributed by atoms with Gasteiger partial charge in [-0.1, -0.05) is 84.9 Å². The van der Waals surface area contributed by atoms with Crippen molar-refractivity contribution in [1.29, 1.82) is 0 Å². The number of rotatable bonds is 14. The van der Waals surface area contributed by atoms with Crippen molar-refractivity contribution in [2.75, 3.05) is 27.9 Å². The SMILES string of the molecule is COc1cc(C(c2ccc(OCc3ccccc3)c(OC)c2)C(CO)c2ccc(OCc3ccccc3)c(OC)c2)ccc1C. The standard InChI is InChI=1S/C39H40O6/c1-27-15-16-31(22-36(27)41-2)39(32-18-20-35(38(23-32)43-4)45-26-29-13-9-6-10-14-29)33(24-40)30-17-19-34(37(21-30)42-3)44-25-28-11-7-5-8-12-28/h5-23,33,39-40H,24-26H2,1-4H3. The average molecular weight is 605 g/mol. The number of aliphatic hydroxyl groups excluding tert-OH is 1. The van der Waals surface area contributed by atoms with E-state index in [2.05, 4.69) is 6.07 Å². The lowest BCUT2D eigenvalue weighted by atomic mass is 9.77. The summed E-state index contributed by atoms with van der Waals surface area (Å²) in [4.78, 5) is 0. The summed E-state index contributed by atoms with van der Waals surface area (Å²) in [6.07, 6.45) is 0. The highest BCUT2D eigenvalue weighted by Gasteiger charge is 2.29. The maximum atomic E-state index is 11.0. The molecule has 45 heavy (non-hydrogen) atoms. The van der Waals surface area contributed by atoms with Crippen molar-refractivity contribution in [2.24, 2.45) is 0 Å². The van der Waals surface area contributed by atoms with Crippen LogP contribution in [0, 0.1) is 6.92 Å². The molecule has 2 unspecified atom stereocenters. The van der Waals surface area contributed by atoms with Crippen LogP contribution in [-0.2, 0) is 13.2 Å². The van der Waals surface area contributed by atoms with Crippen LogP contribution in [0.4, 0.5) is 0 Å². The molecule has 5 rings (SSSR count). The molecule has 0 radical (unpaired) electrons. The molecule has 2 atom stereocenters. The first-order chi connectivity index (χ1) is 22.0. The highest BCUT2D eigenvalue weighted by Crippen LogP contribution is 2.44. The zero-order valence-corrected chi connectivity index (χ0v) is 26.2. The quantitative estimate of drug-likeness (QED) is 0.138. The van der Waals surface area contributed by atoms with Gasteiger partial charge in [-0.3, -0.25) is 0 Å². The van der Waals surface area contributed by atoms with Crippen LogP contribution in [0.1, 0.15) is 45.2 Å². The zero-order chi connectivity index (χ0) is 31.6. The molecule has 0 aromatic heterocycles. The Morgan fingerprint density at radius 3 is 1.44 bits per heavy atom. The molecule has 0 saturated carbocycles. The van der Waals surface area contributed by atoms with Crippen molar-refractivity contribution in [3.8, 4) is 28.7 Å². The van der Waals surface area contributed by atoms with E-state index in [9.17, 15) is 5.11 Å². The molecule has 0 spiro atoms. The summed E-state index contributed by atoms with van der Waals surface area (Å²) < 4.78 is 29.5. The number of ether oxygens (including phenoxy) is 5. The summed E-state index contributed by atoms with van der Waals surface area (Å²) in [5, 5.41) is 11.0. The van der Waals surface area contributed by atoms with Gasteiger partial charge in [0.2, 0.25) is 0 Å². The monoisotopic (exact) mass is 604 g/mol. The molecule has 0 saturated heterocycles. The maximum Gasteiger partial charge on any atom is 0.161 e. The van der Waals surface area contributed by atoms with E-state index in [4.69, 9.17) is 23.7 Å². The normalized spacial score (nSPS) is 12.2. The summed E-state index contributed by atoms with van der Waals surface area (Å²) in [7, 11) is 4.94. The van der Waals surface area contributed by atoms with Gasteiger partial charge in [0.1, 0.15) is 19.0 Å². The molecule has 1 N–H and O–H groups in total. The van der Waals surface area contributed by atoms with Crippen molar-refractivity contribution in [3.63, 3.8) is 0 Å². The van der Waals surface area contributed by atoms with Crippen molar-refractivity contribution in [2.45, 2.75) is 32.0 Å². The van der Waals surface area contributed by atoms with Gasteiger partial charge in [-0.15, -0.1) is 0 Å². The van der Waals surface area contributed by atoms with Crippen molar-refractivity contribution < 1.29 is 28.8 Å². The van der Waals surface area contributed by atoms with Gasteiger partial charge in [0.25, 0.3) is 0 Å². The predicted molar refractivity (Wildman–Crippen MR) is 177 cm³/mol. The Hall–Kier alpha value is -4.94. The Morgan fingerprint density at radius 2 is 0.956 bits per heavy atom. The van der Waals surface area contributed by atoms with Gasteiger partial charge in [-0.2, -0.15) is 0 Å². The summed E-state index contributed by atoms with van der Waals surface area (Å²) in [5.41, 5.74) is 6.04. The van der Waals surface area contributed by atoms with Crippen LogP contribution < -0.4 is 23.7 Å². The molecule has 6 heteroatoms. The second-order valence-electron chi connectivity index (χ2n) is 10.9. The lowest BCUT2D eigenvalue weighted by molar-refractivity contribution is 0.253. The molecule has 0 aliphatic carbocycles. The predicted octanol–water partition coefficient (Wildman–Crippen LogP) is 8.09. The second kappa shape index (κ2) is 15.2. The number of benzene rings is 5. The molecular formula is C39H40O6. The largest absolute Gasteiger partial charge is 0.496 e. The topological polar surface area (TPSA) is 66.4 Å². The number of methoxy groups -OCH3 is 3. The second-order valence-corrected chi connectivity index (χ2v) is 10.9. The van der Waals surface area contributed by atoms with Crippen LogP contribution in [-0.4, -0.2) is 33.0 Å². The van der Waals surface area contributed by atoms with E-state index >= 15 is 0 Å². The third-order valence-electron chi connectivity index (χ3n) is 8.03. The highest BCUT2D eigenvalue weighted by atomic mass is 16.5. The van der Waals surface area contributed by atoms with Gasteiger partial charge in [0, 0.05) is 11.8 Å². The van der Waals surface area contributed by atoms with Gasteiger partial charge < -0.3 is 28.8 Å². The van der Waals surface area contributed by atoms with Gasteiger partial charge in [0.05, 0.1) is 27.9 Å². The Morgan fingerprint density at radius 1 is 0.511 bits per heavy atom. The summed E-state index contributed by atoms with van der Waals surface area (Å²) in [6.45, 7) is 2.75. The van der Waals surface area contributed by atoms with Crippen LogP contribution in [0.2, 0.25) is 0 Å². The molecule has 0 fully saturated rings. The van der Waals surface area contributed by atoms with E-state index in [1.54, 1.807) is 21.3 Å². The van der Waals surface area contributed by atoms with Crippen molar-refractivity contribution in [1.82, 2.24) is 0 Å². The maximum absolute atomic E-state index is 11.0. The van der Waals surface area contributed by atoms with Crippen LogP contribution in [0.3, 0.4) is 0 Å². The minimum Gasteiger partial charge on any atom is -0.496 e. The first kappa shape index (κ1) is 31.5. The lowest BCUT2D eigenvalue weighted by Crippen LogP contribution is -2.17. The Balaban J connectivity index is 1.51. The first-order valence-electron chi connectivity index (χ1n) is 15.0. The minimum atomic E-state index is -0.324. The molecular weight excluding hydrogens is 564 g/mol. The highest BCUT2D eigenvalue weighted by molar-refractivity contribution is 5.51. The van der Waals surface area contributed by atoms with Crippen molar-refractivity contribution >= 4 is 0 Å². The fraction of sp³-hybridized carbons (Fsp3) is 0.231. The lowest BCUT2D eigenvalue weighted by Gasteiger charge is -2.29. The molecule has 5 aromatic carbocycles. The van der Waals surface area contributed by atoms with Gasteiger partial charge in [-0.25, -0.2) is 0 Å². The third kappa shape index (κ3) is 7.59. The summed E-state index contributed by atoms with van der Waals surface area (Å²) in [6, 6.07) is 38.0. The van der Waals surface area contributed by atoms with E-state index < -0.39 is 0 Å².